The van der Waals surface area contributed by atoms with Gasteiger partial charge in [-0.15, -0.1) is 0 Å². The lowest BCUT2D eigenvalue weighted by molar-refractivity contribution is 0.102. The number of anilines is 2. The van der Waals surface area contributed by atoms with Gasteiger partial charge >= 0.3 is 0 Å². The highest BCUT2D eigenvalue weighted by Crippen LogP contribution is 2.17. The van der Waals surface area contributed by atoms with E-state index in [1.807, 2.05) is 19.9 Å². The number of nitrogens with two attached hydrogens (primary N) is 1. The molecule has 122 valence electrons. The number of amides is 1. The third-order valence-corrected chi connectivity index (χ3v) is 2.80. The number of aromatic nitrogens is 5. The molecule has 0 spiro atoms. The molecule has 0 saturated heterocycles. The predicted molar refractivity (Wildman–Crippen MR) is 91.0 cm³/mol. The number of nitrogens with one attached hydrogen (secondary N) is 1. The maximum atomic E-state index is 12.2. The van der Waals surface area contributed by atoms with Gasteiger partial charge in [0, 0.05) is 24.2 Å². The first kappa shape index (κ1) is 16.9. The second-order valence-corrected chi connectivity index (χ2v) is 4.28. The van der Waals surface area contributed by atoms with E-state index >= 15 is 0 Å². The highest BCUT2D eigenvalue weighted by molar-refractivity contribution is 6.05. The van der Waals surface area contributed by atoms with Crippen molar-refractivity contribution >= 4 is 17.5 Å². The van der Waals surface area contributed by atoms with E-state index in [1.54, 1.807) is 24.5 Å². The Labute approximate surface area is 139 Å². The zero-order valence-electron chi connectivity index (χ0n) is 13.3. The van der Waals surface area contributed by atoms with Gasteiger partial charge in [0.15, 0.2) is 11.5 Å². The van der Waals surface area contributed by atoms with Gasteiger partial charge in [0.05, 0.1) is 11.9 Å². The van der Waals surface area contributed by atoms with E-state index in [1.165, 1.54) is 18.7 Å². The van der Waals surface area contributed by atoms with Crippen LogP contribution in [0.3, 0.4) is 0 Å². The molecular weight excluding hydrogens is 306 g/mol. The summed E-state index contributed by atoms with van der Waals surface area (Å²) in [6.45, 7) is 4.00. The fraction of sp³-hybridized carbons (Fsp3) is 0.125. The fourth-order valence-electron chi connectivity index (χ4n) is 1.76. The molecule has 0 aliphatic heterocycles. The molecule has 3 aromatic rings. The summed E-state index contributed by atoms with van der Waals surface area (Å²) in [7, 11) is 0. The SMILES string of the molecule is CC.Nc1ncc(-c2cccnc2)nc1C(=O)Nc1ccncn1. The van der Waals surface area contributed by atoms with Crippen LogP contribution in [0.4, 0.5) is 11.6 Å². The fourth-order valence-corrected chi connectivity index (χ4v) is 1.76. The number of hydrogen-bond acceptors (Lipinski definition) is 7. The maximum absolute atomic E-state index is 12.2. The number of carbonyl (C=O) groups is 1. The highest BCUT2D eigenvalue weighted by atomic mass is 16.2. The molecule has 8 nitrogen and oxygen atoms in total. The number of carbonyl (C=O) groups excluding carboxylic acids is 1. The first-order chi connectivity index (χ1) is 11.7. The van der Waals surface area contributed by atoms with Crippen molar-refractivity contribution in [3.05, 3.63) is 55.0 Å². The third kappa shape index (κ3) is 4.07. The Morgan fingerprint density at radius 3 is 2.58 bits per heavy atom. The van der Waals surface area contributed by atoms with Crippen LogP contribution in [-0.2, 0) is 0 Å². The zero-order valence-corrected chi connectivity index (χ0v) is 13.3. The maximum Gasteiger partial charge on any atom is 0.279 e. The first-order valence-corrected chi connectivity index (χ1v) is 7.34. The minimum absolute atomic E-state index is 0.0277. The molecule has 0 aliphatic carbocycles. The summed E-state index contributed by atoms with van der Waals surface area (Å²) in [4.78, 5) is 32.2. The van der Waals surface area contributed by atoms with Gasteiger partial charge in [0.2, 0.25) is 0 Å². The number of nitrogen functional groups attached to an aromatic ring is 1. The quantitative estimate of drug-likeness (QED) is 0.758. The molecule has 0 aromatic carbocycles. The van der Waals surface area contributed by atoms with Crippen LogP contribution in [0, 0.1) is 0 Å². The Bertz CT molecular complexity index is 794. The zero-order chi connectivity index (χ0) is 17.4. The standard InChI is InChI=1S/C14H11N7O.C2H6/c15-13-12(14(22)21-11-3-5-17-8-19-11)20-10(7-18-13)9-2-1-4-16-6-9;1-2/h1-8H,(H2,15,18)(H,17,19,21,22);1-2H3. The van der Waals surface area contributed by atoms with Crippen LogP contribution in [-0.4, -0.2) is 30.8 Å². The second-order valence-electron chi connectivity index (χ2n) is 4.28. The molecule has 3 heterocycles. The van der Waals surface area contributed by atoms with Gasteiger partial charge in [0.25, 0.3) is 5.91 Å². The monoisotopic (exact) mass is 323 g/mol. The van der Waals surface area contributed by atoms with Crippen molar-refractivity contribution in [2.75, 3.05) is 11.1 Å². The van der Waals surface area contributed by atoms with Gasteiger partial charge in [-0.2, -0.15) is 0 Å². The van der Waals surface area contributed by atoms with Crippen molar-refractivity contribution in [2.24, 2.45) is 0 Å². The lowest BCUT2D eigenvalue weighted by atomic mass is 10.2. The molecule has 0 aliphatic rings. The number of rotatable bonds is 3. The Hall–Kier alpha value is -3.42. The molecule has 0 radical (unpaired) electrons. The van der Waals surface area contributed by atoms with Crippen molar-refractivity contribution in [2.45, 2.75) is 13.8 Å². The van der Waals surface area contributed by atoms with E-state index in [0.29, 0.717) is 11.5 Å². The van der Waals surface area contributed by atoms with Crippen LogP contribution < -0.4 is 11.1 Å². The van der Waals surface area contributed by atoms with E-state index < -0.39 is 5.91 Å². The average molecular weight is 323 g/mol. The predicted octanol–water partition coefficient (Wildman–Crippen LogP) is 2.19. The minimum Gasteiger partial charge on any atom is -0.382 e. The molecule has 3 rings (SSSR count). The Morgan fingerprint density at radius 2 is 1.92 bits per heavy atom. The van der Waals surface area contributed by atoms with E-state index in [4.69, 9.17) is 5.73 Å². The topological polar surface area (TPSA) is 120 Å². The van der Waals surface area contributed by atoms with Crippen LogP contribution in [0.25, 0.3) is 11.3 Å². The van der Waals surface area contributed by atoms with Crippen LogP contribution in [0.15, 0.2) is 49.3 Å². The molecule has 3 aromatic heterocycles. The molecular formula is C16H17N7O. The Morgan fingerprint density at radius 1 is 1.08 bits per heavy atom. The minimum atomic E-state index is -0.491. The molecule has 0 saturated carbocycles. The summed E-state index contributed by atoms with van der Waals surface area (Å²) in [6.07, 6.45) is 7.62. The first-order valence-electron chi connectivity index (χ1n) is 7.34. The van der Waals surface area contributed by atoms with E-state index in [-0.39, 0.29) is 11.5 Å². The summed E-state index contributed by atoms with van der Waals surface area (Å²) < 4.78 is 0. The van der Waals surface area contributed by atoms with E-state index in [0.717, 1.165) is 5.56 Å². The van der Waals surface area contributed by atoms with Crippen molar-refractivity contribution in [1.29, 1.82) is 0 Å². The molecule has 24 heavy (non-hydrogen) atoms. The van der Waals surface area contributed by atoms with Crippen molar-refractivity contribution in [3.63, 3.8) is 0 Å². The van der Waals surface area contributed by atoms with E-state index in [9.17, 15) is 4.79 Å². The molecule has 1 amide bonds. The number of hydrogen-bond donors (Lipinski definition) is 2. The largest absolute Gasteiger partial charge is 0.382 e. The Balaban J connectivity index is 0.00000100. The van der Waals surface area contributed by atoms with Gasteiger partial charge < -0.3 is 11.1 Å². The molecule has 0 fully saturated rings. The smallest absolute Gasteiger partial charge is 0.279 e. The lowest BCUT2D eigenvalue weighted by Gasteiger charge is -2.07. The van der Waals surface area contributed by atoms with Crippen molar-refractivity contribution in [1.82, 2.24) is 24.9 Å². The van der Waals surface area contributed by atoms with Gasteiger partial charge in [-0.1, -0.05) is 13.8 Å². The third-order valence-electron chi connectivity index (χ3n) is 2.80. The molecule has 8 heteroatoms. The van der Waals surface area contributed by atoms with Crippen LogP contribution in [0.1, 0.15) is 24.3 Å². The molecule has 0 atom stereocenters. The van der Waals surface area contributed by atoms with Crippen LogP contribution >= 0.6 is 0 Å². The van der Waals surface area contributed by atoms with Gasteiger partial charge in [0.1, 0.15) is 12.1 Å². The summed E-state index contributed by atoms with van der Waals surface area (Å²) in [5.74, 6) is -0.0957. The van der Waals surface area contributed by atoms with E-state index in [2.05, 4.69) is 30.2 Å². The Kier molecular flexibility index (Phi) is 5.84. The molecule has 0 unspecified atom stereocenters. The lowest BCUT2D eigenvalue weighted by Crippen LogP contribution is -2.18. The van der Waals surface area contributed by atoms with Crippen molar-refractivity contribution in [3.8, 4) is 11.3 Å². The average Bonchev–Trinajstić information content (AvgIpc) is 2.65. The van der Waals surface area contributed by atoms with Crippen LogP contribution in [0.2, 0.25) is 0 Å². The molecule has 0 bridgehead atoms. The van der Waals surface area contributed by atoms with Crippen molar-refractivity contribution < 1.29 is 4.79 Å². The summed E-state index contributed by atoms with van der Waals surface area (Å²) in [5.41, 5.74) is 7.02. The van der Waals surface area contributed by atoms with Gasteiger partial charge in [-0.05, 0) is 18.2 Å². The second kappa shape index (κ2) is 8.28. The molecule has 3 N–H and O–H groups in total. The number of pyridine rings is 1. The normalized spacial score (nSPS) is 9.58. The van der Waals surface area contributed by atoms with Gasteiger partial charge in [-0.3, -0.25) is 9.78 Å². The summed E-state index contributed by atoms with van der Waals surface area (Å²) >= 11 is 0. The summed E-state index contributed by atoms with van der Waals surface area (Å²) in [5, 5.41) is 2.59. The summed E-state index contributed by atoms with van der Waals surface area (Å²) in [6, 6.07) is 5.15. The van der Waals surface area contributed by atoms with Gasteiger partial charge in [-0.25, -0.2) is 19.9 Å². The highest BCUT2D eigenvalue weighted by Gasteiger charge is 2.15. The van der Waals surface area contributed by atoms with Crippen LogP contribution in [0.5, 0.6) is 0 Å². The number of nitrogens with zero attached hydrogens (tertiary/aromatic N) is 5.